The first-order chi connectivity index (χ1) is 18.0. The third-order valence-electron chi connectivity index (χ3n) is 5.73. The summed E-state index contributed by atoms with van der Waals surface area (Å²) in [7, 11) is 0. The largest absolute Gasteiger partial charge is 0.444 e. The summed E-state index contributed by atoms with van der Waals surface area (Å²) in [5, 5.41) is 15.7. The fourth-order valence-electron chi connectivity index (χ4n) is 3.85. The molecule has 0 saturated carbocycles. The normalized spacial score (nSPS) is 13.5. The highest BCUT2D eigenvalue weighted by atomic mass is 16.6. The number of hydrogen-bond donors (Lipinski definition) is 2. The van der Waals surface area contributed by atoms with Gasteiger partial charge in [0, 0.05) is 38.1 Å². The molecule has 38 heavy (non-hydrogen) atoms. The van der Waals surface area contributed by atoms with Crippen LogP contribution in [0, 0.1) is 11.3 Å². The molecule has 196 valence electrons. The van der Waals surface area contributed by atoms with E-state index in [0.29, 0.717) is 37.4 Å². The number of ether oxygens (including phenoxy) is 1. The van der Waals surface area contributed by atoms with Crippen LogP contribution in [-0.2, 0) is 4.74 Å². The molecule has 0 radical (unpaired) electrons. The Labute approximate surface area is 219 Å². The zero-order valence-corrected chi connectivity index (χ0v) is 21.3. The van der Waals surface area contributed by atoms with Crippen LogP contribution in [-0.4, -0.2) is 69.4 Å². The second kappa shape index (κ2) is 10.6. The summed E-state index contributed by atoms with van der Waals surface area (Å²) in [5.41, 5.74) is 7.00. The summed E-state index contributed by atoms with van der Waals surface area (Å²) in [5.74, 6) is -1.37. The van der Waals surface area contributed by atoms with Crippen molar-refractivity contribution in [1.82, 2.24) is 19.7 Å². The van der Waals surface area contributed by atoms with Crippen LogP contribution < -0.4 is 16.0 Å². The van der Waals surface area contributed by atoms with Crippen molar-refractivity contribution < 1.29 is 19.1 Å². The number of piperazine rings is 1. The molecule has 0 atom stereocenters. The SMILES string of the molecule is CC(C)(C)OC(=O)N1CCN(c2ccc(-n3cc(NC(=O)c4ccc(C#N)cn4)c(C(N)=O)n3)cc2)CC1. The van der Waals surface area contributed by atoms with E-state index in [4.69, 9.17) is 15.7 Å². The van der Waals surface area contributed by atoms with Gasteiger partial charge in [-0.3, -0.25) is 9.59 Å². The predicted octanol–water partition coefficient (Wildman–Crippen LogP) is 2.55. The highest BCUT2D eigenvalue weighted by Gasteiger charge is 2.26. The summed E-state index contributed by atoms with van der Waals surface area (Å²) in [6.45, 7) is 7.95. The Morgan fingerprint density at radius 1 is 1.03 bits per heavy atom. The first kappa shape index (κ1) is 26.2. The minimum absolute atomic E-state index is 0.0725. The number of carbonyl (C=O) groups excluding carboxylic acids is 3. The number of primary amides is 1. The van der Waals surface area contributed by atoms with Gasteiger partial charge in [-0.15, -0.1) is 0 Å². The molecule has 0 unspecified atom stereocenters. The Morgan fingerprint density at radius 2 is 1.68 bits per heavy atom. The van der Waals surface area contributed by atoms with Gasteiger partial charge < -0.3 is 25.6 Å². The van der Waals surface area contributed by atoms with Crippen LogP contribution in [0.4, 0.5) is 16.2 Å². The van der Waals surface area contributed by atoms with Gasteiger partial charge in [0.25, 0.3) is 11.8 Å². The number of nitrogens with zero attached hydrogens (tertiary/aromatic N) is 6. The summed E-state index contributed by atoms with van der Waals surface area (Å²) in [6, 6.07) is 12.3. The lowest BCUT2D eigenvalue weighted by Crippen LogP contribution is -2.50. The number of hydrogen-bond acceptors (Lipinski definition) is 8. The number of amides is 3. The van der Waals surface area contributed by atoms with E-state index in [1.165, 1.54) is 29.2 Å². The molecular weight excluding hydrogens is 488 g/mol. The standard InChI is InChI=1S/C26H28N8O4/c1-26(2,3)38-25(37)33-12-10-32(11-13-33)18-5-7-19(8-6-18)34-16-21(22(31-34)23(28)35)30-24(36)20-9-4-17(14-27)15-29-20/h4-9,15-16H,10-13H2,1-3H3,(H2,28,35)(H,30,36). The number of benzene rings is 1. The van der Waals surface area contributed by atoms with E-state index in [1.807, 2.05) is 51.1 Å². The van der Waals surface area contributed by atoms with E-state index in [9.17, 15) is 14.4 Å². The Bertz CT molecular complexity index is 1380. The van der Waals surface area contributed by atoms with Gasteiger partial charge in [-0.25, -0.2) is 14.5 Å². The molecule has 3 aromatic rings. The van der Waals surface area contributed by atoms with Crippen molar-refractivity contribution in [1.29, 1.82) is 5.26 Å². The van der Waals surface area contributed by atoms with Crippen LogP contribution in [0.15, 0.2) is 48.8 Å². The molecule has 0 bridgehead atoms. The van der Waals surface area contributed by atoms with Gasteiger partial charge in [0.1, 0.15) is 17.4 Å². The summed E-state index contributed by atoms with van der Waals surface area (Å²) < 4.78 is 6.90. The van der Waals surface area contributed by atoms with Crippen molar-refractivity contribution in [2.45, 2.75) is 26.4 Å². The van der Waals surface area contributed by atoms with Crippen molar-refractivity contribution in [3.8, 4) is 11.8 Å². The maximum Gasteiger partial charge on any atom is 0.410 e. The Balaban J connectivity index is 1.44. The van der Waals surface area contributed by atoms with E-state index < -0.39 is 17.4 Å². The average Bonchev–Trinajstić information content (AvgIpc) is 3.32. The molecule has 0 aliphatic carbocycles. The molecule has 2 aromatic heterocycles. The van der Waals surface area contributed by atoms with Gasteiger partial charge >= 0.3 is 6.09 Å². The van der Waals surface area contributed by atoms with Gasteiger partial charge in [0.05, 0.1) is 23.1 Å². The second-order valence-electron chi connectivity index (χ2n) is 9.67. The van der Waals surface area contributed by atoms with E-state index in [-0.39, 0.29) is 23.2 Å². The molecule has 4 rings (SSSR count). The van der Waals surface area contributed by atoms with Gasteiger partial charge in [-0.05, 0) is 57.2 Å². The number of nitrogens with one attached hydrogen (secondary N) is 1. The Kier molecular flexibility index (Phi) is 7.29. The summed E-state index contributed by atoms with van der Waals surface area (Å²) in [4.78, 5) is 44.7. The van der Waals surface area contributed by atoms with E-state index in [0.717, 1.165) is 5.69 Å². The molecule has 12 heteroatoms. The molecule has 3 N–H and O–H groups in total. The Hall–Kier alpha value is -4.92. The molecule has 0 spiro atoms. The fourth-order valence-corrected chi connectivity index (χ4v) is 3.85. The highest BCUT2D eigenvalue weighted by Crippen LogP contribution is 2.22. The molecular formula is C26H28N8O4. The lowest BCUT2D eigenvalue weighted by molar-refractivity contribution is 0.0240. The van der Waals surface area contributed by atoms with Gasteiger partial charge in [-0.1, -0.05) is 0 Å². The van der Waals surface area contributed by atoms with Crippen LogP contribution in [0.3, 0.4) is 0 Å². The van der Waals surface area contributed by atoms with Crippen LogP contribution in [0.25, 0.3) is 5.69 Å². The lowest BCUT2D eigenvalue weighted by atomic mass is 10.2. The predicted molar refractivity (Wildman–Crippen MR) is 139 cm³/mol. The quantitative estimate of drug-likeness (QED) is 0.523. The van der Waals surface area contributed by atoms with Crippen molar-refractivity contribution in [3.63, 3.8) is 0 Å². The molecule has 12 nitrogen and oxygen atoms in total. The number of anilines is 2. The van der Waals surface area contributed by atoms with Gasteiger partial charge in [-0.2, -0.15) is 10.4 Å². The van der Waals surface area contributed by atoms with Crippen molar-refractivity contribution >= 4 is 29.3 Å². The van der Waals surface area contributed by atoms with E-state index in [1.54, 1.807) is 4.90 Å². The highest BCUT2D eigenvalue weighted by molar-refractivity contribution is 6.07. The molecule has 3 amide bonds. The van der Waals surface area contributed by atoms with Crippen LogP contribution >= 0.6 is 0 Å². The van der Waals surface area contributed by atoms with E-state index in [2.05, 4.69) is 20.3 Å². The monoisotopic (exact) mass is 516 g/mol. The average molecular weight is 517 g/mol. The topological polar surface area (TPSA) is 159 Å². The Morgan fingerprint density at radius 3 is 2.24 bits per heavy atom. The smallest absolute Gasteiger partial charge is 0.410 e. The zero-order valence-electron chi connectivity index (χ0n) is 21.3. The number of carbonyl (C=O) groups is 3. The van der Waals surface area contributed by atoms with Crippen molar-refractivity contribution in [2.75, 3.05) is 36.4 Å². The maximum absolute atomic E-state index is 12.6. The first-order valence-electron chi connectivity index (χ1n) is 11.9. The lowest BCUT2D eigenvalue weighted by Gasteiger charge is -2.36. The molecule has 1 fully saturated rings. The van der Waals surface area contributed by atoms with Crippen LogP contribution in [0.2, 0.25) is 0 Å². The maximum atomic E-state index is 12.6. The third-order valence-corrected chi connectivity index (χ3v) is 5.73. The molecule has 1 saturated heterocycles. The summed E-state index contributed by atoms with van der Waals surface area (Å²) >= 11 is 0. The molecule has 1 aliphatic rings. The molecule has 1 aliphatic heterocycles. The van der Waals surface area contributed by atoms with Gasteiger partial charge in [0.15, 0.2) is 5.69 Å². The number of aromatic nitrogens is 3. The number of pyridine rings is 1. The van der Waals surface area contributed by atoms with Crippen LogP contribution in [0.1, 0.15) is 47.3 Å². The van der Waals surface area contributed by atoms with E-state index >= 15 is 0 Å². The minimum atomic E-state index is -0.800. The van der Waals surface area contributed by atoms with Crippen LogP contribution in [0.5, 0.6) is 0 Å². The fraction of sp³-hybridized carbons (Fsp3) is 0.308. The van der Waals surface area contributed by atoms with Gasteiger partial charge in [0.2, 0.25) is 0 Å². The number of nitrogens with two attached hydrogens (primary N) is 1. The molecule has 1 aromatic carbocycles. The number of rotatable bonds is 5. The third kappa shape index (κ3) is 6.07. The molecule has 3 heterocycles. The first-order valence-corrected chi connectivity index (χ1v) is 11.9. The van der Waals surface area contributed by atoms with Crippen molar-refractivity contribution in [3.05, 3.63) is 65.7 Å². The number of nitriles is 1. The zero-order chi connectivity index (χ0) is 27.4. The van der Waals surface area contributed by atoms with Crippen molar-refractivity contribution in [2.24, 2.45) is 5.73 Å². The summed E-state index contributed by atoms with van der Waals surface area (Å²) in [6.07, 6.45) is 2.47. The minimum Gasteiger partial charge on any atom is -0.444 e. The second-order valence-corrected chi connectivity index (χ2v) is 9.67.